The van der Waals surface area contributed by atoms with Crippen molar-refractivity contribution >= 4 is 5.97 Å². The zero-order valence-corrected chi connectivity index (χ0v) is 12.2. The van der Waals surface area contributed by atoms with Crippen LogP contribution in [0.3, 0.4) is 0 Å². The van der Waals surface area contributed by atoms with Crippen LogP contribution in [0.25, 0.3) is 0 Å². The Kier molecular flexibility index (Phi) is 4.10. The largest absolute Gasteiger partial charge is 0.494 e. The quantitative estimate of drug-likeness (QED) is 0.615. The molecule has 1 aromatic rings. The highest BCUT2D eigenvalue weighted by atomic mass is 19.3. The molecule has 7 heteroatoms. The number of esters is 1. The van der Waals surface area contributed by atoms with Crippen molar-refractivity contribution in [2.75, 3.05) is 13.2 Å². The summed E-state index contributed by atoms with van der Waals surface area (Å²) in [5, 5.41) is 0. The third-order valence-electron chi connectivity index (χ3n) is 3.76. The highest BCUT2D eigenvalue weighted by Crippen LogP contribution is 2.64. The topological polar surface area (TPSA) is 35.5 Å². The van der Waals surface area contributed by atoms with Crippen molar-refractivity contribution in [3.63, 3.8) is 0 Å². The number of hydrogen-bond donors (Lipinski definition) is 0. The van der Waals surface area contributed by atoms with E-state index in [2.05, 4.69) is 4.74 Å². The van der Waals surface area contributed by atoms with Crippen molar-refractivity contribution in [1.29, 1.82) is 0 Å². The zero-order chi connectivity index (χ0) is 16.6. The van der Waals surface area contributed by atoms with Crippen molar-refractivity contribution in [1.82, 2.24) is 0 Å². The summed E-state index contributed by atoms with van der Waals surface area (Å²) in [5.74, 6) is -9.67. The van der Waals surface area contributed by atoms with E-state index in [0.717, 1.165) is 0 Å². The Hall–Kier alpha value is -1.79. The Morgan fingerprint density at radius 1 is 1.09 bits per heavy atom. The highest BCUT2D eigenvalue weighted by Gasteiger charge is 2.84. The summed E-state index contributed by atoms with van der Waals surface area (Å²) < 4.78 is 64.6. The first-order valence-corrected chi connectivity index (χ1v) is 6.89. The van der Waals surface area contributed by atoms with Crippen LogP contribution in [0.5, 0.6) is 5.75 Å². The lowest BCUT2D eigenvalue weighted by molar-refractivity contribution is -0.323. The van der Waals surface area contributed by atoms with E-state index in [1.54, 1.807) is 6.92 Å². The molecule has 0 saturated heterocycles. The standard InChI is InChI=1S/C15H16F4O3/c1-3-21-11-7-5-10(6-8-11)13(12(20)22-4-2)9-14(16,17)15(13,18)19/h5-8H,3-4,9H2,1-2H3. The fraction of sp³-hybridized carbons (Fsp3) is 0.533. The van der Waals surface area contributed by atoms with Gasteiger partial charge in [0.1, 0.15) is 5.75 Å². The van der Waals surface area contributed by atoms with Crippen LogP contribution in [0.15, 0.2) is 24.3 Å². The lowest BCUT2D eigenvalue weighted by atomic mass is 9.58. The van der Waals surface area contributed by atoms with Crippen LogP contribution in [-0.4, -0.2) is 31.0 Å². The Morgan fingerprint density at radius 2 is 1.68 bits per heavy atom. The van der Waals surface area contributed by atoms with E-state index < -0.39 is 29.7 Å². The van der Waals surface area contributed by atoms with Crippen molar-refractivity contribution in [2.45, 2.75) is 37.5 Å². The van der Waals surface area contributed by atoms with Crippen LogP contribution >= 0.6 is 0 Å². The minimum atomic E-state index is -4.50. The first kappa shape index (κ1) is 16.6. The van der Waals surface area contributed by atoms with Gasteiger partial charge >= 0.3 is 17.8 Å². The Labute approximate surface area is 125 Å². The number of halogens is 4. The normalized spacial score (nSPS) is 25.2. The molecule has 0 aromatic heterocycles. The number of carbonyl (C=O) groups is 1. The molecule has 2 rings (SSSR count). The molecule has 1 unspecified atom stereocenters. The Morgan fingerprint density at radius 3 is 2.09 bits per heavy atom. The van der Waals surface area contributed by atoms with Gasteiger partial charge in [-0.2, -0.15) is 17.6 Å². The SMILES string of the molecule is CCOC(=O)C1(c2ccc(OCC)cc2)CC(F)(F)C1(F)F. The molecule has 3 nitrogen and oxygen atoms in total. The predicted octanol–water partition coefficient (Wildman–Crippen LogP) is 3.56. The van der Waals surface area contributed by atoms with Gasteiger partial charge in [-0.05, 0) is 31.5 Å². The fourth-order valence-corrected chi connectivity index (χ4v) is 2.62. The number of carbonyl (C=O) groups excluding carboxylic acids is 1. The van der Waals surface area contributed by atoms with Gasteiger partial charge in [0.25, 0.3) is 0 Å². The van der Waals surface area contributed by atoms with Crippen molar-refractivity contribution in [2.24, 2.45) is 0 Å². The molecule has 1 aliphatic rings. The average molecular weight is 320 g/mol. The molecular weight excluding hydrogens is 304 g/mol. The van der Waals surface area contributed by atoms with Crippen molar-refractivity contribution < 1.29 is 31.8 Å². The van der Waals surface area contributed by atoms with Gasteiger partial charge in [-0.1, -0.05) is 12.1 Å². The molecule has 0 N–H and O–H groups in total. The summed E-state index contributed by atoms with van der Waals surface area (Å²) in [6.07, 6.45) is -1.28. The third kappa shape index (κ3) is 2.14. The van der Waals surface area contributed by atoms with Gasteiger partial charge in [0.15, 0.2) is 5.41 Å². The molecule has 1 aromatic carbocycles. The second kappa shape index (κ2) is 5.44. The van der Waals surface area contributed by atoms with Crippen LogP contribution in [0.1, 0.15) is 25.8 Å². The molecule has 0 bridgehead atoms. The third-order valence-corrected chi connectivity index (χ3v) is 3.76. The highest BCUT2D eigenvalue weighted by molar-refractivity contribution is 5.87. The maximum absolute atomic E-state index is 14.1. The second-order valence-electron chi connectivity index (χ2n) is 5.04. The lowest BCUT2D eigenvalue weighted by Crippen LogP contribution is -2.72. The zero-order valence-electron chi connectivity index (χ0n) is 12.2. The van der Waals surface area contributed by atoms with E-state index in [9.17, 15) is 22.4 Å². The number of rotatable bonds is 5. The van der Waals surface area contributed by atoms with Gasteiger partial charge in [-0.3, -0.25) is 4.79 Å². The summed E-state index contributed by atoms with van der Waals surface area (Å²) in [5.41, 5.74) is -2.86. The maximum Gasteiger partial charge on any atom is 0.330 e. The Balaban J connectivity index is 2.45. The van der Waals surface area contributed by atoms with E-state index in [-0.39, 0.29) is 12.2 Å². The molecule has 122 valence electrons. The minimum Gasteiger partial charge on any atom is -0.494 e. The van der Waals surface area contributed by atoms with E-state index in [4.69, 9.17) is 4.74 Å². The molecule has 1 atom stereocenters. The van der Waals surface area contributed by atoms with Gasteiger partial charge in [0, 0.05) is 6.42 Å². The maximum atomic E-state index is 14.1. The molecule has 1 fully saturated rings. The number of benzene rings is 1. The van der Waals surface area contributed by atoms with Crippen LogP contribution in [-0.2, 0) is 14.9 Å². The van der Waals surface area contributed by atoms with E-state index in [0.29, 0.717) is 12.4 Å². The smallest absolute Gasteiger partial charge is 0.330 e. The molecule has 0 radical (unpaired) electrons. The molecule has 0 heterocycles. The molecule has 0 amide bonds. The van der Waals surface area contributed by atoms with E-state index in [1.165, 1.54) is 31.2 Å². The molecule has 1 saturated carbocycles. The summed E-state index contributed by atoms with van der Waals surface area (Å²) in [7, 11) is 0. The summed E-state index contributed by atoms with van der Waals surface area (Å²) in [6.45, 7) is 3.38. The average Bonchev–Trinajstić information content (AvgIpc) is 2.46. The lowest BCUT2D eigenvalue weighted by Gasteiger charge is -2.51. The molecule has 1 aliphatic carbocycles. The summed E-state index contributed by atoms with van der Waals surface area (Å²) in [6, 6.07) is 5.13. The predicted molar refractivity (Wildman–Crippen MR) is 70.4 cm³/mol. The van der Waals surface area contributed by atoms with Gasteiger partial charge in [-0.15, -0.1) is 0 Å². The minimum absolute atomic E-state index is 0.167. The first-order chi connectivity index (χ1) is 10.2. The molecular formula is C15H16F4O3. The van der Waals surface area contributed by atoms with Gasteiger partial charge < -0.3 is 9.47 Å². The van der Waals surface area contributed by atoms with Crippen molar-refractivity contribution in [3.05, 3.63) is 29.8 Å². The van der Waals surface area contributed by atoms with Crippen LogP contribution in [0.4, 0.5) is 17.6 Å². The number of alkyl halides is 4. The van der Waals surface area contributed by atoms with Crippen LogP contribution in [0, 0.1) is 0 Å². The van der Waals surface area contributed by atoms with Gasteiger partial charge in [0.05, 0.1) is 13.2 Å². The summed E-state index contributed by atoms with van der Waals surface area (Å²) >= 11 is 0. The second-order valence-corrected chi connectivity index (χ2v) is 5.04. The molecule has 0 spiro atoms. The molecule has 0 aliphatic heterocycles. The van der Waals surface area contributed by atoms with Crippen molar-refractivity contribution in [3.8, 4) is 5.75 Å². The first-order valence-electron chi connectivity index (χ1n) is 6.89. The molecule has 22 heavy (non-hydrogen) atoms. The van der Waals surface area contributed by atoms with Gasteiger partial charge in [0.2, 0.25) is 0 Å². The number of hydrogen-bond acceptors (Lipinski definition) is 3. The number of ether oxygens (including phenoxy) is 2. The monoisotopic (exact) mass is 320 g/mol. The van der Waals surface area contributed by atoms with Gasteiger partial charge in [-0.25, -0.2) is 0 Å². The van der Waals surface area contributed by atoms with Crippen LogP contribution in [0.2, 0.25) is 0 Å². The van der Waals surface area contributed by atoms with E-state index >= 15 is 0 Å². The van der Waals surface area contributed by atoms with E-state index in [1.807, 2.05) is 0 Å². The Bertz CT molecular complexity index is 556. The fourth-order valence-electron chi connectivity index (χ4n) is 2.62. The summed E-state index contributed by atoms with van der Waals surface area (Å²) in [4.78, 5) is 12.0. The van der Waals surface area contributed by atoms with Crippen LogP contribution < -0.4 is 4.74 Å².